The van der Waals surface area contributed by atoms with Crippen LogP contribution < -0.4 is 10.0 Å². The summed E-state index contributed by atoms with van der Waals surface area (Å²) in [6, 6.07) is 12.9. The molecule has 3 heterocycles. The van der Waals surface area contributed by atoms with Gasteiger partial charge >= 0.3 is 0 Å². The minimum Gasteiger partial charge on any atom is -0.312 e. The van der Waals surface area contributed by atoms with Crippen LogP contribution in [0.1, 0.15) is 21.7 Å². The quantitative estimate of drug-likeness (QED) is 0.555. The first kappa shape index (κ1) is 23.0. The van der Waals surface area contributed by atoms with Gasteiger partial charge in [0, 0.05) is 53.5 Å². The van der Waals surface area contributed by atoms with Gasteiger partial charge in [-0.25, -0.2) is 13.1 Å². The van der Waals surface area contributed by atoms with Crippen LogP contribution in [0.4, 0.5) is 0 Å². The first-order valence-electron chi connectivity index (χ1n) is 10.2. The standard InChI is InChI=1S/C22H24ClN3O2S2.ClH/c23-18-3-1-16-11-21(4-2-15(16)9-18)30(27,28)25-19-6-8-26(13-19)14-20-10-17-12-24-7-5-22(17)29-20;/h1-4,9-11,19,24-25H,5-8,12-14H2;1H/t19-;/m0./s1. The maximum Gasteiger partial charge on any atom is 0.240 e. The maximum atomic E-state index is 12.9. The smallest absolute Gasteiger partial charge is 0.240 e. The molecule has 9 heteroatoms. The van der Waals surface area contributed by atoms with Crippen LogP contribution in [0.3, 0.4) is 0 Å². The maximum absolute atomic E-state index is 12.9. The highest BCUT2D eigenvalue weighted by atomic mass is 35.5. The second kappa shape index (κ2) is 9.35. The summed E-state index contributed by atoms with van der Waals surface area (Å²) in [5.74, 6) is 0. The van der Waals surface area contributed by atoms with Gasteiger partial charge in [-0.05, 0) is 59.5 Å². The highest BCUT2D eigenvalue weighted by molar-refractivity contribution is 7.89. The van der Waals surface area contributed by atoms with Crippen LogP contribution >= 0.6 is 35.3 Å². The molecule has 1 aromatic heterocycles. The van der Waals surface area contributed by atoms with E-state index in [4.69, 9.17) is 11.6 Å². The highest BCUT2D eigenvalue weighted by Gasteiger charge is 2.28. The van der Waals surface area contributed by atoms with Gasteiger partial charge in [0.25, 0.3) is 0 Å². The molecule has 0 amide bonds. The van der Waals surface area contributed by atoms with Crippen molar-refractivity contribution in [3.8, 4) is 0 Å². The Bertz CT molecular complexity index is 1170. The van der Waals surface area contributed by atoms with Crippen LogP contribution in [0, 0.1) is 0 Å². The predicted molar refractivity (Wildman–Crippen MR) is 130 cm³/mol. The molecule has 0 bridgehead atoms. The Hall–Kier alpha value is -1.19. The van der Waals surface area contributed by atoms with E-state index >= 15 is 0 Å². The number of fused-ring (bicyclic) bond motifs is 2. The van der Waals surface area contributed by atoms with E-state index in [0.717, 1.165) is 56.3 Å². The molecule has 1 fully saturated rings. The van der Waals surface area contributed by atoms with Crippen molar-refractivity contribution >= 4 is 56.1 Å². The zero-order valence-electron chi connectivity index (χ0n) is 16.9. The van der Waals surface area contributed by atoms with E-state index < -0.39 is 10.0 Å². The molecule has 2 aliphatic rings. The van der Waals surface area contributed by atoms with Crippen molar-refractivity contribution < 1.29 is 8.42 Å². The van der Waals surface area contributed by atoms with Gasteiger partial charge < -0.3 is 5.32 Å². The third kappa shape index (κ3) is 5.09. The fourth-order valence-electron chi connectivity index (χ4n) is 4.33. The van der Waals surface area contributed by atoms with Gasteiger partial charge in [-0.15, -0.1) is 23.7 Å². The Kier molecular flexibility index (Phi) is 6.93. The van der Waals surface area contributed by atoms with Gasteiger partial charge in [0.15, 0.2) is 0 Å². The van der Waals surface area contributed by atoms with Crippen molar-refractivity contribution in [1.29, 1.82) is 0 Å². The number of hydrogen-bond acceptors (Lipinski definition) is 5. The lowest BCUT2D eigenvalue weighted by molar-refractivity contribution is 0.327. The summed E-state index contributed by atoms with van der Waals surface area (Å²) >= 11 is 7.93. The second-order valence-corrected chi connectivity index (χ2v) is 11.5. The summed E-state index contributed by atoms with van der Waals surface area (Å²) in [6.07, 6.45) is 1.94. The molecule has 0 saturated carbocycles. The van der Waals surface area contributed by atoms with Gasteiger partial charge in [-0.2, -0.15) is 0 Å². The zero-order valence-corrected chi connectivity index (χ0v) is 20.1. The van der Waals surface area contributed by atoms with Crippen LogP contribution in [-0.2, 0) is 29.5 Å². The molecule has 0 radical (unpaired) electrons. The second-order valence-electron chi connectivity index (χ2n) is 8.08. The monoisotopic (exact) mass is 497 g/mol. The fraction of sp³-hybridized carbons (Fsp3) is 0.364. The zero-order chi connectivity index (χ0) is 20.7. The molecule has 0 spiro atoms. The summed E-state index contributed by atoms with van der Waals surface area (Å²) < 4.78 is 28.8. The van der Waals surface area contributed by atoms with Crippen molar-refractivity contribution in [3.63, 3.8) is 0 Å². The molecule has 0 aliphatic carbocycles. The Morgan fingerprint density at radius 1 is 1.16 bits per heavy atom. The molecule has 166 valence electrons. The first-order chi connectivity index (χ1) is 14.5. The largest absolute Gasteiger partial charge is 0.312 e. The molecule has 2 N–H and O–H groups in total. The van der Waals surface area contributed by atoms with Gasteiger partial charge in [0.2, 0.25) is 10.0 Å². The van der Waals surface area contributed by atoms with Gasteiger partial charge in [0.05, 0.1) is 4.90 Å². The van der Waals surface area contributed by atoms with E-state index in [1.807, 2.05) is 29.5 Å². The molecule has 31 heavy (non-hydrogen) atoms. The lowest BCUT2D eigenvalue weighted by atomic mass is 10.1. The van der Waals surface area contributed by atoms with Crippen molar-refractivity contribution in [2.45, 2.75) is 36.9 Å². The number of halogens is 2. The lowest BCUT2D eigenvalue weighted by Crippen LogP contribution is -2.36. The minimum atomic E-state index is -3.56. The van der Waals surface area contributed by atoms with Crippen LogP contribution in [0.5, 0.6) is 0 Å². The average Bonchev–Trinajstić information content (AvgIpc) is 3.33. The minimum absolute atomic E-state index is 0. The third-order valence-electron chi connectivity index (χ3n) is 5.85. The van der Waals surface area contributed by atoms with E-state index in [9.17, 15) is 8.42 Å². The Morgan fingerprint density at radius 2 is 1.97 bits per heavy atom. The number of thiophene rings is 1. The molecule has 1 saturated heterocycles. The molecule has 3 aromatic rings. The van der Waals surface area contributed by atoms with E-state index in [0.29, 0.717) is 9.92 Å². The Labute approximate surface area is 198 Å². The van der Waals surface area contributed by atoms with E-state index in [-0.39, 0.29) is 18.4 Å². The van der Waals surface area contributed by atoms with E-state index in [1.54, 1.807) is 18.2 Å². The molecular formula is C22H25Cl2N3O2S2. The number of benzene rings is 2. The van der Waals surface area contributed by atoms with Crippen LogP contribution in [0.2, 0.25) is 5.02 Å². The number of likely N-dealkylation sites (tertiary alicyclic amines) is 1. The number of nitrogens with one attached hydrogen (secondary N) is 2. The first-order valence-corrected chi connectivity index (χ1v) is 12.9. The van der Waals surface area contributed by atoms with Crippen LogP contribution in [-0.4, -0.2) is 39.0 Å². The molecule has 1 atom stereocenters. The molecular weight excluding hydrogens is 473 g/mol. The Balaban J connectivity index is 0.00000231. The van der Waals surface area contributed by atoms with Crippen molar-refractivity contribution in [2.24, 2.45) is 0 Å². The number of rotatable bonds is 5. The molecule has 2 aliphatic heterocycles. The van der Waals surface area contributed by atoms with Gasteiger partial charge in [-0.1, -0.05) is 23.7 Å². The SMILES string of the molecule is Cl.O=S(=O)(N[C@H]1CCN(Cc2cc3c(s2)CCNC3)C1)c1ccc2cc(Cl)ccc2c1. The molecule has 5 rings (SSSR count). The van der Waals surface area contributed by atoms with E-state index in [1.165, 1.54) is 15.3 Å². The summed E-state index contributed by atoms with van der Waals surface area (Å²) in [4.78, 5) is 5.52. The predicted octanol–water partition coefficient (Wildman–Crippen LogP) is 4.18. The van der Waals surface area contributed by atoms with E-state index in [2.05, 4.69) is 21.0 Å². The summed E-state index contributed by atoms with van der Waals surface area (Å²) in [6.45, 7) is 4.56. The molecule has 2 aromatic carbocycles. The van der Waals surface area contributed by atoms with Crippen molar-refractivity contribution in [3.05, 3.63) is 62.8 Å². The van der Waals surface area contributed by atoms with Gasteiger partial charge in [0.1, 0.15) is 0 Å². The molecule has 5 nitrogen and oxygen atoms in total. The summed E-state index contributed by atoms with van der Waals surface area (Å²) in [5.41, 5.74) is 1.43. The average molecular weight is 499 g/mol. The normalized spacial score (nSPS) is 19.3. The van der Waals surface area contributed by atoms with Crippen LogP contribution in [0.15, 0.2) is 47.4 Å². The van der Waals surface area contributed by atoms with Gasteiger partial charge in [-0.3, -0.25) is 4.90 Å². The topological polar surface area (TPSA) is 61.4 Å². The lowest BCUT2D eigenvalue weighted by Gasteiger charge is -2.16. The fourth-order valence-corrected chi connectivity index (χ4v) is 7.04. The number of hydrogen-bond donors (Lipinski definition) is 2. The summed E-state index contributed by atoms with van der Waals surface area (Å²) in [7, 11) is -3.56. The number of sulfonamides is 1. The Morgan fingerprint density at radius 3 is 2.81 bits per heavy atom. The highest BCUT2D eigenvalue weighted by Crippen LogP contribution is 2.28. The molecule has 0 unspecified atom stereocenters. The van der Waals surface area contributed by atoms with Crippen molar-refractivity contribution in [1.82, 2.24) is 14.9 Å². The van der Waals surface area contributed by atoms with Crippen molar-refractivity contribution in [2.75, 3.05) is 19.6 Å². The summed E-state index contributed by atoms with van der Waals surface area (Å²) in [5, 5.41) is 5.86. The number of nitrogens with zero attached hydrogens (tertiary/aromatic N) is 1. The van der Waals surface area contributed by atoms with Crippen LogP contribution in [0.25, 0.3) is 10.8 Å². The third-order valence-corrected chi connectivity index (χ3v) is 8.82.